The molecule has 16 aromatic carbocycles. The van der Waals surface area contributed by atoms with Gasteiger partial charge < -0.3 is 27.0 Å². The molecule has 6 aromatic heterocycles. The largest absolute Gasteiger partial charge is 0.494 e. The van der Waals surface area contributed by atoms with Crippen LogP contribution in [0, 0.1) is 0 Å². The molecule has 0 spiro atoms. The van der Waals surface area contributed by atoms with Crippen molar-refractivity contribution in [2.24, 2.45) is 0 Å². The van der Waals surface area contributed by atoms with Gasteiger partial charge in [-0.1, -0.05) is 254 Å². The van der Waals surface area contributed by atoms with Crippen LogP contribution >= 0.6 is 11.6 Å². The van der Waals surface area contributed by atoms with E-state index in [2.05, 4.69) is 264 Å². The molecule has 1 saturated heterocycles. The maximum absolute atomic E-state index is 6.76. The molecule has 10 nitrogen and oxygen atoms in total. The van der Waals surface area contributed by atoms with E-state index in [-0.39, 0.29) is 11.2 Å². The molecule has 23 rings (SSSR count). The van der Waals surface area contributed by atoms with E-state index in [1.54, 1.807) is 0 Å². The summed E-state index contributed by atoms with van der Waals surface area (Å²) in [5, 5.41) is 18.3. The number of halogens is 1. The maximum Gasteiger partial charge on any atom is 0.494 e. The van der Waals surface area contributed by atoms with Crippen LogP contribution in [0.5, 0.6) is 0 Å². The first-order valence-electron chi connectivity index (χ1n) is 37.0. The Morgan fingerprint density at radius 1 is 0.273 bits per heavy atom. The van der Waals surface area contributed by atoms with E-state index in [1.165, 1.54) is 21.5 Å². The fraction of sp³-hybridized carbons (Fsp3) is 0.0612. The molecule has 7 heterocycles. The summed E-state index contributed by atoms with van der Waals surface area (Å²) >= 11 is 6.25. The van der Waals surface area contributed by atoms with Gasteiger partial charge in [-0.25, -0.2) is 9.97 Å². The number of para-hydroxylation sites is 4. The van der Waals surface area contributed by atoms with E-state index in [0.29, 0.717) is 5.02 Å². The third-order valence-electron chi connectivity index (χ3n) is 22.4. The molecular formula is C98H64BClN4O6. The van der Waals surface area contributed by atoms with Crippen LogP contribution < -0.4 is 5.46 Å². The molecule has 1 fully saturated rings. The SMILES string of the molecule is CC1(C)OB(c2cccc(-c3cccc(-c4cnc5c6ccccc6c6ccccc6c5n4)c3)c2)OC1(C)C.Clc1cccc2c1oc1c2ccc2oc3ccccc3c21.c1cc(-c2cccc(-c3cccc4c3oc3c4ccc4oc5ccccc5c43)c2)cc(-c2cnc3c4ccccc4c4ccccc4c3n2)c1. The highest BCUT2D eigenvalue weighted by Gasteiger charge is 2.51. The second-order valence-electron chi connectivity index (χ2n) is 29.4. The summed E-state index contributed by atoms with van der Waals surface area (Å²) in [4.78, 5) is 20.3. The number of fused-ring (bicyclic) bond motifs is 26. The molecule has 12 heteroatoms. The topological polar surface area (TPSA) is 123 Å². The molecule has 0 amide bonds. The van der Waals surface area contributed by atoms with Gasteiger partial charge in [-0.05, 0) is 143 Å². The van der Waals surface area contributed by atoms with Crippen LogP contribution in [0.15, 0.2) is 333 Å². The van der Waals surface area contributed by atoms with Gasteiger partial charge in [0.05, 0.1) is 72.8 Å². The first kappa shape index (κ1) is 65.0. The lowest BCUT2D eigenvalue weighted by Gasteiger charge is -2.32. The lowest BCUT2D eigenvalue weighted by Crippen LogP contribution is -2.41. The van der Waals surface area contributed by atoms with Gasteiger partial charge in [0.2, 0.25) is 0 Å². The van der Waals surface area contributed by atoms with Crippen molar-refractivity contribution < 1.29 is 27.0 Å². The Labute approximate surface area is 635 Å². The standard InChI is InChI=1S/C46H26N2O2.C34H29BN2O2.C18H9ClO2/c1-3-16-34-32(14-1)33-15-2-4-17-35(33)44-43(34)47-26-39(48-44)30-13-8-11-28(25-30)27-10-7-12-29(24-27)31-19-9-20-36-37-22-23-41-42(46(37)50-45(31)36)38-18-5-6-21-40(38)49-41;1-33(2)34(3,4)39-35(38-33)25-14-10-12-23(20-25)22-11-9-13-24(19-22)30-21-36-31-28-17-7-5-15-26(28)27-16-6-8-18-29(27)32(31)37-30;19-13-6-3-5-10-11-8-9-15-16(18(11)21-17(10)13)12-4-1-2-7-14(12)20-15/h1-26H;5-21H,1-4H3;1-9H. The summed E-state index contributed by atoms with van der Waals surface area (Å²) in [5.74, 6) is 0. The molecule has 0 saturated carbocycles. The number of hydrogen-bond donors (Lipinski definition) is 0. The highest BCUT2D eigenvalue weighted by atomic mass is 35.5. The monoisotopic (exact) mass is 1440 g/mol. The van der Waals surface area contributed by atoms with E-state index >= 15 is 0 Å². The zero-order valence-corrected chi connectivity index (χ0v) is 61.0. The molecule has 1 aliphatic rings. The molecule has 0 aliphatic carbocycles. The lowest BCUT2D eigenvalue weighted by molar-refractivity contribution is 0.00578. The lowest BCUT2D eigenvalue weighted by atomic mass is 9.78. The average molecular weight is 1440 g/mol. The van der Waals surface area contributed by atoms with Crippen LogP contribution in [0.25, 0.3) is 209 Å². The van der Waals surface area contributed by atoms with Gasteiger partial charge >= 0.3 is 7.12 Å². The Morgan fingerprint density at radius 3 is 1.12 bits per heavy atom. The van der Waals surface area contributed by atoms with Gasteiger partial charge in [0.25, 0.3) is 0 Å². The highest BCUT2D eigenvalue weighted by molar-refractivity contribution is 6.62. The molecule has 522 valence electrons. The number of hydrogen-bond acceptors (Lipinski definition) is 10. The van der Waals surface area contributed by atoms with Gasteiger partial charge in [-0.3, -0.25) is 9.97 Å². The predicted molar refractivity (Wildman–Crippen MR) is 453 cm³/mol. The number of aromatic nitrogens is 4. The van der Waals surface area contributed by atoms with Crippen molar-refractivity contribution >= 4 is 177 Å². The van der Waals surface area contributed by atoms with E-state index < -0.39 is 7.12 Å². The molecular weight excluding hydrogens is 1380 g/mol. The van der Waals surface area contributed by atoms with E-state index in [9.17, 15) is 0 Å². The molecule has 0 atom stereocenters. The number of benzene rings is 16. The quantitative estimate of drug-likeness (QED) is 0.117. The van der Waals surface area contributed by atoms with Gasteiger partial charge in [0, 0.05) is 70.6 Å². The molecule has 0 N–H and O–H groups in total. The zero-order chi connectivity index (χ0) is 73.5. The maximum atomic E-state index is 6.76. The molecule has 22 aromatic rings. The Hall–Kier alpha value is -13.3. The van der Waals surface area contributed by atoms with Crippen molar-refractivity contribution in [2.75, 3.05) is 0 Å². The van der Waals surface area contributed by atoms with Crippen LogP contribution in [0.4, 0.5) is 0 Å². The molecule has 0 radical (unpaired) electrons. The van der Waals surface area contributed by atoms with Crippen molar-refractivity contribution in [3.63, 3.8) is 0 Å². The van der Waals surface area contributed by atoms with Crippen molar-refractivity contribution in [1.29, 1.82) is 0 Å². The fourth-order valence-electron chi connectivity index (χ4n) is 16.3. The van der Waals surface area contributed by atoms with Gasteiger partial charge in [0.1, 0.15) is 39.1 Å². The summed E-state index contributed by atoms with van der Waals surface area (Å²) in [6.07, 6.45) is 3.80. The van der Waals surface area contributed by atoms with Crippen molar-refractivity contribution in [2.45, 2.75) is 38.9 Å². The average Bonchev–Trinajstić information content (AvgIpc) is 1.38. The second-order valence-corrected chi connectivity index (χ2v) is 29.8. The highest BCUT2D eigenvalue weighted by Crippen LogP contribution is 2.46. The number of furan rings is 4. The van der Waals surface area contributed by atoms with E-state index in [0.717, 1.165) is 193 Å². The minimum Gasteiger partial charge on any atom is -0.456 e. The van der Waals surface area contributed by atoms with Crippen molar-refractivity contribution in [3.05, 3.63) is 321 Å². The van der Waals surface area contributed by atoms with Gasteiger partial charge in [0.15, 0.2) is 5.58 Å². The van der Waals surface area contributed by atoms with Crippen LogP contribution in [0.1, 0.15) is 27.7 Å². The van der Waals surface area contributed by atoms with Crippen LogP contribution in [-0.4, -0.2) is 38.3 Å². The van der Waals surface area contributed by atoms with Gasteiger partial charge in [-0.2, -0.15) is 0 Å². The summed E-state index contributed by atoms with van der Waals surface area (Å²) < 4.78 is 37.5. The summed E-state index contributed by atoms with van der Waals surface area (Å²) in [5.41, 5.74) is 21.0. The first-order valence-corrected chi connectivity index (χ1v) is 37.4. The normalized spacial score (nSPS) is 13.6. The Balaban J connectivity index is 0.000000113. The third-order valence-corrected chi connectivity index (χ3v) is 22.7. The third kappa shape index (κ3) is 10.6. The Bertz CT molecular complexity index is 7470. The van der Waals surface area contributed by atoms with Crippen LogP contribution in [0.2, 0.25) is 5.02 Å². The minimum atomic E-state index is -0.396. The Morgan fingerprint density at radius 2 is 0.627 bits per heavy atom. The van der Waals surface area contributed by atoms with Crippen LogP contribution in [0.3, 0.4) is 0 Å². The van der Waals surface area contributed by atoms with Crippen LogP contribution in [-0.2, 0) is 9.31 Å². The number of rotatable bonds is 6. The van der Waals surface area contributed by atoms with E-state index in [4.69, 9.17) is 58.5 Å². The molecule has 0 bridgehead atoms. The number of nitrogens with zero attached hydrogens (tertiary/aromatic N) is 4. The van der Waals surface area contributed by atoms with Crippen molar-refractivity contribution in [3.8, 4) is 55.9 Å². The molecule has 0 unspecified atom stereocenters. The zero-order valence-electron chi connectivity index (χ0n) is 60.2. The fourth-order valence-corrected chi connectivity index (χ4v) is 16.5. The van der Waals surface area contributed by atoms with E-state index in [1.807, 2.05) is 79.1 Å². The predicted octanol–water partition coefficient (Wildman–Crippen LogP) is 26.4. The summed E-state index contributed by atoms with van der Waals surface area (Å²) in [7, 11) is -0.396. The van der Waals surface area contributed by atoms with Crippen molar-refractivity contribution in [1.82, 2.24) is 19.9 Å². The molecule has 1 aliphatic heterocycles. The smallest absolute Gasteiger partial charge is 0.456 e. The second kappa shape index (κ2) is 25.4. The first-order chi connectivity index (χ1) is 53.9. The van der Waals surface area contributed by atoms with Gasteiger partial charge in [-0.15, -0.1) is 0 Å². The molecule has 110 heavy (non-hydrogen) atoms. The summed E-state index contributed by atoms with van der Waals surface area (Å²) in [6.45, 7) is 8.32. The Kier molecular flexibility index (Phi) is 15.0. The summed E-state index contributed by atoms with van der Waals surface area (Å²) in [6, 6.07) is 105. The minimum absolute atomic E-state index is 0.377.